The zero-order valence-corrected chi connectivity index (χ0v) is 17.5. The minimum atomic E-state index is -0.610. The van der Waals surface area contributed by atoms with Crippen molar-refractivity contribution in [1.82, 2.24) is 5.32 Å². The van der Waals surface area contributed by atoms with E-state index in [-0.39, 0.29) is 17.6 Å². The summed E-state index contributed by atoms with van der Waals surface area (Å²) in [5, 5.41) is 3.13. The van der Waals surface area contributed by atoms with E-state index < -0.39 is 6.10 Å². The third-order valence-electron chi connectivity index (χ3n) is 4.87. The van der Waals surface area contributed by atoms with E-state index in [1.165, 1.54) is 0 Å². The van der Waals surface area contributed by atoms with Crippen molar-refractivity contribution in [3.05, 3.63) is 53.1 Å². The molecule has 0 bridgehead atoms. The van der Waals surface area contributed by atoms with Crippen LogP contribution in [0.5, 0.6) is 17.2 Å². The van der Waals surface area contributed by atoms with Crippen molar-refractivity contribution >= 4 is 5.91 Å². The van der Waals surface area contributed by atoms with Gasteiger partial charge in [-0.25, -0.2) is 0 Å². The topological polar surface area (TPSA) is 56.8 Å². The van der Waals surface area contributed by atoms with Crippen molar-refractivity contribution in [2.24, 2.45) is 0 Å². The van der Waals surface area contributed by atoms with E-state index in [4.69, 9.17) is 14.2 Å². The van der Waals surface area contributed by atoms with Crippen molar-refractivity contribution < 1.29 is 19.0 Å². The molecule has 5 nitrogen and oxygen atoms in total. The van der Waals surface area contributed by atoms with Gasteiger partial charge in [0.05, 0.1) is 13.2 Å². The monoisotopic (exact) mass is 383 g/mol. The second-order valence-corrected chi connectivity index (χ2v) is 8.11. The maximum absolute atomic E-state index is 12.9. The molecule has 0 unspecified atom stereocenters. The number of methoxy groups -OCH3 is 1. The summed E-state index contributed by atoms with van der Waals surface area (Å²) in [4.78, 5) is 12.9. The Balaban J connectivity index is 1.77. The smallest absolute Gasteiger partial charge is 0.261 e. The van der Waals surface area contributed by atoms with Crippen LogP contribution in [-0.2, 0) is 4.79 Å². The number of carbonyl (C=O) groups excluding carboxylic acids is 1. The standard InChI is InChI=1S/C23H29NO4/c1-14-9-15(2)11-18(10-14)27-16(3)22(25)24-20-13-23(4,5)28-21-8-7-17(26-6)12-19(20)21/h7-12,16,20H,13H2,1-6H3,(H,24,25)/t16-,20-/m0/s1. The van der Waals surface area contributed by atoms with E-state index in [0.29, 0.717) is 12.2 Å². The van der Waals surface area contributed by atoms with Crippen LogP contribution in [-0.4, -0.2) is 24.7 Å². The predicted octanol–water partition coefficient (Wildman–Crippen LogP) is 4.50. The Morgan fingerprint density at radius 3 is 2.46 bits per heavy atom. The third-order valence-corrected chi connectivity index (χ3v) is 4.87. The van der Waals surface area contributed by atoms with Crippen LogP contribution in [0, 0.1) is 13.8 Å². The van der Waals surface area contributed by atoms with Gasteiger partial charge in [0.2, 0.25) is 0 Å². The third kappa shape index (κ3) is 4.58. The number of fused-ring (bicyclic) bond motifs is 1. The summed E-state index contributed by atoms with van der Waals surface area (Å²) in [6, 6.07) is 11.5. The first-order valence-corrected chi connectivity index (χ1v) is 9.59. The number of nitrogens with one attached hydrogen (secondary N) is 1. The minimum Gasteiger partial charge on any atom is -0.497 e. The van der Waals surface area contributed by atoms with E-state index in [0.717, 1.165) is 28.2 Å². The Morgan fingerprint density at radius 1 is 1.14 bits per heavy atom. The van der Waals surface area contributed by atoms with Crippen LogP contribution in [0.15, 0.2) is 36.4 Å². The summed E-state index contributed by atoms with van der Waals surface area (Å²) in [5.74, 6) is 2.05. The highest BCUT2D eigenvalue weighted by molar-refractivity contribution is 5.81. The first-order valence-electron chi connectivity index (χ1n) is 9.59. The van der Waals surface area contributed by atoms with Crippen LogP contribution in [0.2, 0.25) is 0 Å². The summed E-state index contributed by atoms with van der Waals surface area (Å²) in [6.45, 7) is 9.84. The quantitative estimate of drug-likeness (QED) is 0.826. The first-order chi connectivity index (χ1) is 13.2. The molecule has 1 heterocycles. The van der Waals surface area contributed by atoms with Gasteiger partial charge in [-0.1, -0.05) is 6.07 Å². The van der Waals surface area contributed by atoms with Gasteiger partial charge >= 0.3 is 0 Å². The molecule has 0 saturated heterocycles. The molecule has 2 atom stereocenters. The Bertz CT molecular complexity index is 855. The average molecular weight is 383 g/mol. The van der Waals surface area contributed by atoms with Crippen LogP contribution in [0.1, 0.15) is 49.9 Å². The van der Waals surface area contributed by atoms with Crippen LogP contribution in [0.25, 0.3) is 0 Å². The molecule has 1 aliphatic rings. The number of ether oxygens (including phenoxy) is 3. The second-order valence-electron chi connectivity index (χ2n) is 8.11. The van der Waals surface area contributed by atoms with Crippen molar-refractivity contribution in [2.45, 2.75) is 58.8 Å². The maximum atomic E-state index is 12.9. The lowest BCUT2D eigenvalue weighted by molar-refractivity contribution is -0.128. The fourth-order valence-corrected chi connectivity index (χ4v) is 3.64. The van der Waals surface area contributed by atoms with E-state index in [2.05, 4.69) is 11.4 Å². The van der Waals surface area contributed by atoms with Gasteiger partial charge in [-0.05, 0) is 76.1 Å². The molecule has 3 rings (SSSR count). The van der Waals surface area contributed by atoms with Crippen LogP contribution in [0.4, 0.5) is 0 Å². The molecule has 150 valence electrons. The molecule has 5 heteroatoms. The van der Waals surface area contributed by atoms with E-state index in [9.17, 15) is 4.79 Å². The number of rotatable bonds is 5. The molecule has 0 aliphatic carbocycles. The molecule has 2 aromatic rings. The van der Waals surface area contributed by atoms with Gasteiger partial charge in [-0.3, -0.25) is 4.79 Å². The molecule has 0 saturated carbocycles. The molecule has 0 fully saturated rings. The number of amides is 1. The summed E-state index contributed by atoms with van der Waals surface area (Å²) in [6.07, 6.45) is 0.0519. The highest BCUT2D eigenvalue weighted by atomic mass is 16.5. The first kappa shape index (κ1) is 20.1. The Morgan fingerprint density at radius 2 is 1.82 bits per heavy atom. The zero-order chi connectivity index (χ0) is 20.5. The predicted molar refractivity (Wildman–Crippen MR) is 109 cm³/mol. The lowest BCUT2D eigenvalue weighted by Gasteiger charge is -2.38. The number of aryl methyl sites for hydroxylation is 2. The van der Waals surface area contributed by atoms with Crippen molar-refractivity contribution in [2.75, 3.05) is 7.11 Å². The zero-order valence-electron chi connectivity index (χ0n) is 17.5. The molecule has 1 N–H and O–H groups in total. The number of hydrogen-bond donors (Lipinski definition) is 1. The van der Waals surface area contributed by atoms with Gasteiger partial charge in [0.15, 0.2) is 6.10 Å². The van der Waals surface area contributed by atoms with E-state index in [1.807, 2.05) is 58.0 Å². The number of benzene rings is 2. The molecular weight excluding hydrogens is 354 g/mol. The molecule has 0 aromatic heterocycles. The van der Waals surface area contributed by atoms with Crippen LogP contribution >= 0.6 is 0 Å². The summed E-state index contributed by atoms with van der Waals surface area (Å²) >= 11 is 0. The Labute approximate surface area is 167 Å². The average Bonchev–Trinajstić information content (AvgIpc) is 2.59. The van der Waals surface area contributed by atoms with Gasteiger partial charge in [0.1, 0.15) is 22.8 Å². The molecule has 1 amide bonds. The van der Waals surface area contributed by atoms with E-state index >= 15 is 0 Å². The lowest BCUT2D eigenvalue weighted by Crippen LogP contribution is -2.44. The largest absolute Gasteiger partial charge is 0.497 e. The van der Waals surface area contributed by atoms with E-state index in [1.54, 1.807) is 14.0 Å². The maximum Gasteiger partial charge on any atom is 0.261 e. The lowest BCUT2D eigenvalue weighted by atomic mass is 9.89. The number of carbonyl (C=O) groups is 1. The molecule has 1 aliphatic heterocycles. The van der Waals surface area contributed by atoms with Crippen molar-refractivity contribution in [1.29, 1.82) is 0 Å². The normalized spacial score (nSPS) is 18.4. The van der Waals surface area contributed by atoms with Gasteiger partial charge in [0, 0.05) is 12.0 Å². The molecule has 0 radical (unpaired) electrons. The second kappa shape index (κ2) is 7.74. The van der Waals surface area contributed by atoms with Crippen LogP contribution < -0.4 is 19.5 Å². The molecule has 2 aromatic carbocycles. The summed E-state index contributed by atoms with van der Waals surface area (Å²) < 4.78 is 17.3. The Kier molecular flexibility index (Phi) is 5.54. The van der Waals surface area contributed by atoms with Gasteiger partial charge in [-0.15, -0.1) is 0 Å². The fourth-order valence-electron chi connectivity index (χ4n) is 3.64. The SMILES string of the molecule is COc1ccc2c(c1)[C@@H](NC(=O)[C@H](C)Oc1cc(C)cc(C)c1)CC(C)(C)O2. The van der Waals surface area contributed by atoms with Gasteiger partial charge in [-0.2, -0.15) is 0 Å². The molecule has 28 heavy (non-hydrogen) atoms. The molecular formula is C23H29NO4. The minimum absolute atomic E-state index is 0.157. The number of hydrogen-bond acceptors (Lipinski definition) is 4. The summed E-state index contributed by atoms with van der Waals surface area (Å²) in [5.41, 5.74) is 2.76. The van der Waals surface area contributed by atoms with Gasteiger partial charge < -0.3 is 19.5 Å². The van der Waals surface area contributed by atoms with Crippen molar-refractivity contribution in [3.8, 4) is 17.2 Å². The Hall–Kier alpha value is -2.69. The highest BCUT2D eigenvalue weighted by Crippen LogP contribution is 2.41. The highest BCUT2D eigenvalue weighted by Gasteiger charge is 2.35. The summed E-state index contributed by atoms with van der Waals surface area (Å²) in [7, 11) is 1.63. The van der Waals surface area contributed by atoms with Crippen molar-refractivity contribution in [3.63, 3.8) is 0 Å². The van der Waals surface area contributed by atoms with Gasteiger partial charge in [0.25, 0.3) is 5.91 Å². The fraction of sp³-hybridized carbons (Fsp3) is 0.435. The van der Waals surface area contributed by atoms with Crippen LogP contribution in [0.3, 0.4) is 0 Å². The molecule has 0 spiro atoms.